The summed E-state index contributed by atoms with van der Waals surface area (Å²) >= 11 is 3.68. The van der Waals surface area contributed by atoms with Gasteiger partial charge >= 0.3 is 0 Å². The Balaban J connectivity index is 3.05. The molecule has 0 N–H and O–H groups in total. The van der Waals surface area contributed by atoms with Crippen molar-refractivity contribution in [2.24, 2.45) is 4.40 Å². The third-order valence-electron chi connectivity index (χ3n) is 1.85. The number of benzene rings is 1. The molecule has 0 saturated carbocycles. The van der Waals surface area contributed by atoms with Crippen molar-refractivity contribution in [2.75, 3.05) is 0 Å². The Hall–Kier alpha value is -0.830. The van der Waals surface area contributed by atoms with E-state index in [1.54, 1.807) is 6.07 Å². The second-order valence-electron chi connectivity index (χ2n) is 3.18. The van der Waals surface area contributed by atoms with Gasteiger partial charge in [-0.05, 0) is 35.9 Å². The maximum absolute atomic E-state index is 13.3. The fraction of sp³-hybridized carbons (Fsp3) is 0.300. The molecule has 0 spiro atoms. The van der Waals surface area contributed by atoms with Crippen LogP contribution >= 0.6 is 12.8 Å². The average Bonchev–Trinajstić information content (AvgIpc) is 2.04. The van der Waals surface area contributed by atoms with E-state index in [0.29, 0.717) is 0 Å². The van der Waals surface area contributed by atoms with Crippen molar-refractivity contribution in [1.82, 2.24) is 0 Å². The van der Waals surface area contributed by atoms with E-state index in [1.165, 1.54) is 12.3 Å². The lowest BCUT2D eigenvalue weighted by molar-refractivity contribution is 0.598. The maximum Gasteiger partial charge on any atom is 0.127 e. The molecule has 0 aliphatic heterocycles. The first-order valence-electron chi connectivity index (χ1n) is 4.12. The molecule has 0 aliphatic carbocycles. The first kappa shape index (κ1) is 10.3. The molecule has 1 aromatic rings. The van der Waals surface area contributed by atoms with Crippen LogP contribution in [0.25, 0.3) is 0 Å². The Bertz CT molecular complexity index is 321. The first-order chi connectivity index (χ1) is 6.15. The largest absolute Gasteiger partial charge is 0.227 e. The summed E-state index contributed by atoms with van der Waals surface area (Å²) in [6, 6.07) is 5.08. The molecule has 0 heterocycles. The molecule has 1 nitrogen and oxygen atoms in total. The van der Waals surface area contributed by atoms with Gasteiger partial charge in [-0.3, -0.25) is 0 Å². The summed E-state index contributed by atoms with van der Waals surface area (Å²) < 4.78 is 16.9. The van der Waals surface area contributed by atoms with Crippen LogP contribution in [0.4, 0.5) is 4.39 Å². The predicted molar refractivity (Wildman–Crippen MR) is 57.1 cm³/mol. The van der Waals surface area contributed by atoms with E-state index < -0.39 is 0 Å². The van der Waals surface area contributed by atoms with E-state index in [1.807, 2.05) is 19.9 Å². The highest BCUT2D eigenvalue weighted by Crippen LogP contribution is 2.18. The number of thiol groups is 1. The molecular weight excluding hydrogens is 185 g/mol. The van der Waals surface area contributed by atoms with Crippen LogP contribution in [0.5, 0.6) is 0 Å². The van der Waals surface area contributed by atoms with Gasteiger partial charge in [0.25, 0.3) is 0 Å². The van der Waals surface area contributed by atoms with Gasteiger partial charge in [0.05, 0.1) is 0 Å². The Morgan fingerprint density at radius 2 is 2.15 bits per heavy atom. The van der Waals surface area contributed by atoms with Gasteiger partial charge in [-0.2, -0.15) is 0 Å². The van der Waals surface area contributed by atoms with E-state index in [0.717, 1.165) is 11.1 Å². The van der Waals surface area contributed by atoms with E-state index >= 15 is 0 Å². The summed E-state index contributed by atoms with van der Waals surface area (Å²) in [7, 11) is 0. The van der Waals surface area contributed by atoms with Crippen LogP contribution in [0.1, 0.15) is 30.9 Å². The van der Waals surface area contributed by atoms with Crippen molar-refractivity contribution in [3.05, 3.63) is 35.1 Å². The molecule has 0 amide bonds. The lowest BCUT2D eigenvalue weighted by Gasteiger charge is -2.06. The Morgan fingerprint density at radius 3 is 2.62 bits per heavy atom. The van der Waals surface area contributed by atoms with Gasteiger partial charge in [0.1, 0.15) is 5.82 Å². The quantitative estimate of drug-likeness (QED) is 0.552. The molecule has 0 aliphatic rings. The number of nitrogens with zero attached hydrogens (tertiary/aromatic N) is 1. The Labute approximate surface area is 83.2 Å². The smallest absolute Gasteiger partial charge is 0.127 e. The Kier molecular flexibility index (Phi) is 3.48. The molecule has 0 radical (unpaired) electrons. The van der Waals surface area contributed by atoms with Crippen LogP contribution in [0.3, 0.4) is 0 Å². The molecule has 0 fully saturated rings. The van der Waals surface area contributed by atoms with Gasteiger partial charge in [0.15, 0.2) is 0 Å². The highest BCUT2D eigenvalue weighted by molar-refractivity contribution is 7.78. The fourth-order valence-electron chi connectivity index (χ4n) is 1.16. The van der Waals surface area contributed by atoms with Crippen LogP contribution in [-0.2, 0) is 0 Å². The fourth-order valence-corrected chi connectivity index (χ4v) is 1.29. The molecule has 0 atom stereocenters. The van der Waals surface area contributed by atoms with Crippen LogP contribution < -0.4 is 0 Å². The van der Waals surface area contributed by atoms with Crippen molar-refractivity contribution >= 4 is 19.0 Å². The lowest BCUT2D eigenvalue weighted by Crippen LogP contribution is -1.94. The minimum atomic E-state index is -0.180. The highest BCUT2D eigenvalue weighted by atomic mass is 32.1. The zero-order chi connectivity index (χ0) is 9.84. The summed E-state index contributed by atoms with van der Waals surface area (Å²) in [5.74, 6) is 0.0303. The van der Waals surface area contributed by atoms with Crippen molar-refractivity contribution in [1.29, 1.82) is 0 Å². The summed E-state index contributed by atoms with van der Waals surface area (Å²) in [5.41, 5.74) is 1.47. The molecule has 1 aromatic carbocycles. The van der Waals surface area contributed by atoms with Gasteiger partial charge in [0.2, 0.25) is 0 Å². The highest BCUT2D eigenvalue weighted by Gasteiger charge is 2.05. The third kappa shape index (κ3) is 2.56. The van der Waals surface area contributed by atoms with E-state index in [-0.39, 0.29) is 11.7 Å². The lowest BCUT2D eigenvalue weighted by atomic mass is 10.0. The van der Waals surface area contributed by atoms with Gasteiger partial charge in [-0.1, -0.05) is 26.0 Å². The Morgan fingerprint density at radius 1 is 1.46 bits per heavy atom. The molecule has 1 rings (SSSR count). The van der Waals surface area contributed by atoms with E-state index in [4.69, 9.17) is 0 Å². The number of hydrogen-bond acceptors (Lipinski definition) is 2. The van der Waals surface area contributed by atoms with Crippen LogP contribution in [0.15, 0.2) is 22.6 Å². The monoisotopic (exact) mass is 197 g/mol. The molecule has 70 valence electrons. The second kappa shape index (κ2) is 4.42. The van der Waals surface area contributed by atoms with Crippen LogP contribution in [0.2, 0.25) is 0 Å². The van der Waals surface area contributed by atoms with Crippen molar-refractivity contribution in [3.8, 4) is 0 Å². The minimum Gasteiger partial charge on any atom is -0.227 e. The third-order valence-corrected chi connectivity index (χ3v) is 1.97. The first-order valence-corrected chi connectivity index (χ1v) is 4.52. The van der Waals surface area contributed by atoms with Crippen molar-refractivity contribution < 1.29 is 4.39 Å². The number of halogens is 1. The zero-order valence-electron chi connectivity index (χ0n) is 7.66. The number of hydrogen-bond donors (Lipinski definition) is 1. The SMILES string of the molecule is CC(C)c1ccc(/C=N/S)cc1F. The molecule has 0 unspecified atom stereocenters. The average molecular weight is 197 g/mol. The topological polar surface area (TPSA) is 12.4 Å². The van der Waals surface area contributed by atoms with Crippen LogP contribution in [0, 0.1) is 5.82 Å². The van der Waals surface area contributed by atoms with Gasteiger partial charge in [-0.15, -0.1) is 0 Å². The predicted octanol–water partition coefficient (Wildman–Crippen LogP) is 3.21. The molecule has 13 heavy (non-hydrogen) atoms. The summed E-state index contributed by atoms with van der Waals surface area (Å²) in [5, 5.41) is 0. The van der Waals surface area contributed by atoms with Crippen molar-refractivity contribution in [2.45, 2.75) is 19.8 Å². The number of rotatable bonds is 2. The van der Waals surface area contributed by atoms with Gasteiger partial charge < -0.3 is 0 Å². The maximum atomic E-state index is 13.3. The van der Waals surface area contributed by atoms with E-state index in [9.17, 15) is 4.39 Å². The molecule has 3 heteroatoms. The van der Waals surface area contributed by atoms with Gasteiger partial charge in [-0.25, -0.2) is 8.79 Å². The molecule has 0 saturated heterocycles. The molecular formula is C10H12FNS. The molecule has 0 bridgehead atoms. The van der Waals surface area contributed by atoms with Crippen molar-refractivity contribution in [3.63, 3.8) is 0 Å². The second-order valence-corrected chi connectivity index (χ2v) is 3.41. The summed E-state index contributed by atoms with van der Waals surface area (Å²) in [6.07, 6.45) is 1.51. The van der Waals surface area contributed by atoms with E-state index in [2.05, 4.69) is 17.2 Å². The van der Waals surface area contributed by atoms with Crippen LogP contribution in [-0.4, -0.2) is 6.21 Å². The standard InChI is InChI=1S/C10H12FNS/c1-7(2)9-4-3-8(6-12-13)5-10(9)11/h3-7,13H,1-2H3/b12-6+. The van der Waals surface area contributed by atoms with Gasteiger partial charge in [0, 0.05) is 6.21 Å². The minimum absolute atomic E-state index is 0.180. The zero-order valence-corrected chi connectivity index (χ0v) is 8.55. The molecule has 0 aromatic heterocycles. The summed E-state index contributed by atoms with van der Waals surface area (Å²) in [6.45, 7) is 3.93. The summed E-state index contributed by atoms with van der Waals surface area (Å²) in [4.78, 5) is 0. The normalized spacial score (nSPS) is 11.5.